The number of hydrogen-bond acceptors (Lipinski definition) is 5. The van der Waals surface area contributed by atoms with Crippen LogP contribution in [0.25, 0.3) is 0 Å². The van der Waals surface area contributed by atoms with Gasteiger partial charge in [0.2, 0.25) is 0 Å². The molecule has 2 N–H and O–H groups in total. The standard InChI is InChI=1S/C19H33N5O2/c1-15(2)5-4-6-16(3)13-23-10-7-17(8-11-23)24-14-18(21-22-24)19(26)20-9-12-25/h5,14,16-17,25H,4,6-13H2,1-3H3,(H,20,26)/t16-/m1/s1. The minimum atomic E-state index is -0.284. The lowest BCUT2D eigenvalue weighted by molar-refractivity contribution is 0.0939. The first-order valence-electron chi connectivity index (χ1n) is 9.66. The van der Waals surface area contributed by atoms with Crippen LogP contribution < -0.4 is 5.32 Å². The molecule has 7 nitrogen and oxygen atoms in total. The Kier molecular flexibility index (Phi) is 8.25. The third kappa shape index (κ3) is 6.53. The predicted octanol–water partition coefficient (Wildman–Crippen LogP) is 2.02. The van der Waals surface area contributed by atoms with E-state index in [1.165, 1.54) is 18.4 Å². The second-order valence-corrected chi connectivity index (χ2v) is 7.56. The van der Waals surface area contributed by atoms with Crippen molar-refractivity contribution in [1.82, 2.24) is 25.2 Å². The van der Waals surface area contributed by atoms with Crippen molar-refractivity contribution >= 4 is 5.91 Å². The summed E-state index contributed by atoms with van der Waals surface area (Å²) in [5, 5.41) is 19.5. The van der Waals surface area contributed by atoms with Gasteiger partial charge in [-0.25, -0.2) is 4.68 Å². The number of aliphatic hydroxyl groups excluding tert-OH is 1. The highest BCUT2D eigenvalue weighted by Gasteiger charge is 2.23. The number of likely N-dealkylation sites (tertiary alicyclic amines) is 1. The summed E-state index contributed by atoms with van der Waals surface area (Å²) in [5.41, 5.74) is 1.71. The molecule has 1 fully saturated rings. The van der Waals surface area contributed by atoms with Gasteiger partial charge in [-0.05, 0) is 45.4 Å². The van der Waals surface area contributed by atoms with Gasteiger partial charge in [0.25, 0.3) is 5.91 Å². The molecule has 0 saturated carbocycles. The van der Waals surface area contributed by atoms with E-state index < -0.39 is 0 Å². The zero-order valence-electron chi connectivity index (χ0n) is 16.3. The number of hydrogen-bond donors (Lipinski definition) is 2. The zero-order valence-corrected chi connectivity index (χ0v) is 16.3. The van der Waals surface area contributed by atoms with E-state index in [4.69, 9.17) is 5.11 Å². The molecule has 1 atom stereocenters. The molecule has 7 heteroatoms. The fourth-order valence-electron chi connectivity index (χ4n) is 3.37. The lowest BCUT2D eigenvalue weighted by atomic mass is 10.0. The largest absolute Gasteiger partial charge is 0.395 e. The molecule has 1 saturated heterocycles. The van der Waals surface area contributed by atoms with E-state index in [2.05, 4.69) is 47.4 Å². The Bertz CT molecular complexity index is 587. The summed E-state index contributed by atoms with van der Waals surface area (Å²) < 4.78 is 1.82. The monoisotopic (exact) mass is 363 g/mol. The van der Waals surface area contributed by atoms with E-state index in [1.54, 1.807) is 6.20 Å². The van der Waals surface area contributed by atoms with Crippen molar-refractivity contribution in [3.05, 3.63) is 23.5 Å². The lowest BCUT2D eigenvalue weighted by Gasteiger charge is -2.33. The SMILES string of the molecule is CC(C)=CCC[C@@H](C)CN1CCC(n2cc(C(=O)NCCO)nn2)CC1. The van der Waals surface area contributed by atoms with Crippen LogP contribution in [0.15, 0.2) is 17.8 Å². The van der Waals surface area contributed by atoms with E-state index in [9.17, 15) is 4.79 Å². The summed E-state index contributed by atoms with van der Waals surface area (Å²) in [6, 6.07) is 0.305. The van der Waals surface area contributed by atoms with Gasteiger partial charge in [-0.1, -0.05) is 23.8 Å². The van der Waals surface area contributed by atoms with E-state index in [-0.39, 0.29) is 19.1 Å². The second-order valence-electron chi connectivity index (χ2n) is 7.56. The Labute approximate surface area is 156 Å². The van der Waals surface area contributed by atoms with E-state index in [0.29, 0.717) is 17.7 Å². The molecule has 0 aliphatic carbocycles. The normalized spacial score (nSPS) is 17.1. The first-order chi connectivity index (χ1) is 12.5. The molecule has 0 aromatic carbocycles. The van der Waals surface area contributed by atoms with Crippen molar-refractivity contribution in [2.24, 2.45) is 5.92 Å². The van der Waals surface area contributed by atoms with E-state index >= 15 is 0 Å². The van der Waals surface area contributed by atoms with Crippen molar-refractivity contribution < 1.29 is 9.90 Å². The molecule has 1 aliphatic heterocycles. The van der Waals surface area contributed by atoms with Gasteiger partial charge in [0.1, 0.15) is 0 Å². The number of allylic oxidation sites excluding steroid dienone is 2. The number of piperidine rings is 1. The summed E-state index contributed by atoms with van der Waals surface area (Å²) in [4.78, 5) is 14.4. The third-order valence-electron chi connectivity index (χ3n) is 4.85. The van der Waals surface area contributed by atoms with Gasteiger partial charge in [-0.3, -0.25) is 4.79 Å². The maximum Gasteiger partial charge on any atom is 0.273 e. The molecule has 2 rings (SSSR count). The molecule has 0 unspecified atom stereocenters. The Hall–Kier alpha value is -1.73. The van der Waals surface area contributed by atoms with Gasteiger partial charge >= 0.3 is 0 Å². The maximum atomic E-state index is 11.9. The molecule has 26 heavy (non-hydrogen) atoms. The number of amides is 1. The number of nitrogens with one attached hydrogen (secondary N) is 1. The lowest BCUT2D eigenvalue weighted by Crippen LogP contribution is -2.37. The Morgan fingerprint density at radius 1 is 1.42 bits per heavy atom. The minimum absolute atomic E-state index is 0.0783. The first kappa shape index (κ1) is 20.6. The summed E-state index contributed by atoms with van der Waals surface area (Å²) in [5.74, 6) is 0.420. The molecule has 1 aromatic heterocycles. The molecule has 2 heterocycles. The highest BCUT2D eigenvalue weighted by Crippen LogP contribution is 2.23. The van der Waals surface area contributed by atoms with Crippen LogP contribution in [0.4, 0.5) is 0 Å². The third-order valence-corrected chi connectivity index (χ3v) is 4.85. The van der Waals surface area contributed by atoms with Gasteiger partial charge < -0.3 is 15.3 Å². The van der Waals surface area contributed by atoms with Crippen LogP contribution in [0.2, 0.25) is 0 Å². The van der Waals surface area contributed by atoms with Crippen molar-refractivity contribution in [2.75, 3.05) is 32.8 Å². The molecule has 1 amide bonds. The Balaban J connectivity index is 1.75. The molecule has 1 aromatic rings. The number of rotatable bonds is 9. The van der Waals surface area contributed by atoms with Gasteiger partial charge in [0.15, 0.2) is 5.69 Å². The smallest absolute Gasteiger partial charge is 0.273 e. The number of nitrogens with zero attached hydrogens (tertiary/aromatic N) is 4. The topological polar surface area (TPSA) is 83.3 Å². The molecule has 0 radical (unpaired) electrons. The summed E-state index contributed by atoms with van der Waals surface area (Å²) >= 11 is 0. The Morgan fingerprint density at radius 2 is 2.15 bits per heavy atom. The quantitative estimate of drug-likeness (QED) is 0.656. The Morgan fingerprint density at radius 3 is 2.81 bits per heavy atom. The van der Waals surface area contributed by atoms with Crippen LogP contribution in [-0.4, -0.2) is 63.7 Å². The van der Waals surface area contributed by atoms with Crippen LogP contribution in [0.3, 0.4) is 0 Å². The summed E-state index contributed by atoms with van der Waals surface area (Å²) in [6.45, 7) is 10.1. The average Bonchev–Trinajstić information content (AvgIpc) is 3.10. The average molecular weight is 364 g/mol. The fraction of sp³-hybridized carbons (Fsp3) is 0.737. The second kappa shape index (κ2) is 10.4. The highest BCUT2D eigenvalue weighted by molar-refractivity contribution is 5.91. The number of aliphatic hydroxyl groups is 1. The van der Waals surface area contributed by atoms with Gasteiger partial charge in [0.05, 0.1) is 18.8 Å². The van der Waals surface area contributed by atoms with Crippen LogP contribution in [0, 0.1) is 5.92 Å². The minimum Gasteiger partial charge on any atom is -0.395 e. The highest BCUT2D eigenvalue weighted by atomic mass is 16.3. The van der Waals surface area contributed by atoms with Gasteiger partial charge in [-0.2, -0.15) is 0 Å². The van der Waals surface area contributed by atoms with Crippen molar-refractivity contribution in [3.63, 3.8) is 0 Å². The van der Waals surface area contributed by atoms with Crippen molar-refractivity contribution in [2.45, 2.75) is 52.5 Å². The zero-order chi connectivity index (χ0) is 18.9. The van der Waals surface area contributed by atoms with Crippen molar-refractivity contribution in [1.29, 1.82) is 0 Å². The molecular weight excluding hydrogens is 330 g/mol. The van der Waals surface area contributed by atoms with Crippen LogP contribution in [0.5, 0.6) is 0 Å². The van der Waals surface area contributed by atoms with Crippen LogP contribution >= 0.6 is 0 Å². The molecule has 1 aliphatic rings. The van der Waals surface area contributed by atoms with E-state index in [0.717, 1.165) is 32.5 Å². The summed E-state index contributed by atoms with van der Waals surface area (Å²) in [6.07, 6.45) is 8.50. The molecule has 0 spiro atoms. The van der Waals surface area contributed by atoms with Crippen LogP contribution in [-0.2, 0) is 0 Å². The number of aromatic nitrogens is 3. The number of carbonyl (C=O) groups is 1. The molecule has 146 valence electrons. The fourth-order valence-corrected chi connectivity index (χ4v) is 3.37. The van der Waals surface area contributed by atoms with Crippen molar-refractivity contribution in [3.8, 4) is 0 Å². The molecular formula is C19H33N5O2. The van der Waals surface area contributed by atoms with Crippen LogP contribution in [0.1, 0.15) is 63.0 Å². The van der Waals surface area contributed by atoms with Gasteiger partial charge in [-0.15, -0.1) is 5.10 Å². The van der Waals surface area contributed by atoms with Gasteiger partial charge in [0, 0.05) is 26.2 Å². The van der Waals surface area contributed by atoms with E-state index in [1.807, 2.05) is 4.68 Å². The first-order valence-corrected chi connectivity index (χ1v) is 9.66. The maximum absolute atomic E-state index is 11.9. The number of carbonyl (C=O) groups excluding carboxylic acids is 1. The predicted molar refractivity (Wildman–Crippen MR) is 102 cm³/mol. The molecule has 0 bridgehead atoms. The summed E-state index contributed by atoms with van der Waals surface area (Å²) in [7, 11) is 0.